The van der Waals surface area contributed by atoms with Gasteiger partial charge in [0.05, 0.1) is 6.54 Å². The molecule has 1 aromatic heterocycles. The minimum atomic E-state index is -0.775. The van der Waals surface area contributed by atoms with E-state index in [2.05, 4.69) is 10.1 Å². The highest BCUT2D eigenvalue weighted by Crippen LogP contribution is 2.20. The molecule has 1 N–H and O–H groups in total. The molecule has 0 aliphatic carbocycles. The number of nitrogens with zero attached hydrogens (tertiary/aromatic N) is 3. The summed E-state index contributed by atoms with van der Waals surface area (Å²) in [6.45, 7) is 3.19. The summed E-state index contributed by atoms with van der Waals surface area (Å²) in [5, 5.41) is 12.6. The van der Waals surface area contributed by atoms with Crippen molar-refractivity contribution in [1.82, 2.24) is 15.0 Å². The van der Waals surface area contributed by atoms with E-state index in [0.29, 0.717) is 31.2 Å². The van der Waals surface area contributed by atoms with E-state index in [1.165, 1.54) is 0 Å². The number of benzene rings is 1. The first-order chi connectivity index (χ1) is 10.1. The van der Waals surface area contributed by atoms with E-state index >= 15 is 0 Å². The normalized spacial score (nSPS) is 11.0. The van der Waals surface area contributed by atoms with Gasteiger partial charge in [0.1, 0.15) is 0 Å². The van der Waals surface area contributed by atoms with Gasteiger partial charge in [-0.05, 0) is 32.5 Å². The molecule has 0 radical (unpaired) electrons. The van der Waals surface area contributed by atoms with Crippen LogP contribution in [0.3, 0.4) is 0 Å². The van der Waals surface area contributed by atoms with Gasteiger partial charge in [-0.1, -0.05) is 29.4 Å². The van der Waals surface area contributed by atoms with E-state index in [0.717, 1.165) is 11.1 Å². The van der Waals surface area contributed by atoms with E-state index in [-0.39, 0.29) is 6.42 Å². The van der Waals surface area contributed by atoms with Crippen LogP contribution in [-0.2, 0) is 11.3 Å². The second kappa shape index (κ2) is 6.99. The molecule has 0 fully saturated rings. The highest BCUT2D eigenvalue weighted by Gasteiger charge is 2.12. The fourth-order valence-electron chi connectivity index (χ4n) is 2.06. The molecule has 0 unspecified atom stereocenters. The lowest BCUT2D eigenvalue weighted by atomic mass is 10.1. The predicted molar refractivity (Wildman–Crippen MR) is 77.7 cm³/mol. The van der Waals surface area contributed by atoms with Crippen LogP contribution in [0.2, 0.25) is 0 Å². The molecule has 1 heterocycles. The lowest BCUT2D eigenvalue weighted by molar-refractivity contribution is -0.137. The number of aliphatic carboxylic acids is 1. The van der Waals surface area contributed by atoms with Crippen LogP contribution in [0.5, 0.6) is 0 Å². The number of carboxylic acids is 1. The molecular weight excluding hydrogens is 270 g/mol. The Morgan fingerprint density at radius 1 is 1.38 bits per heavy atom. The maximum absolute atomic E-state index is 10.5. The molecule has 0 saturated carbocycles. The Balaban J connectivity index is 1.94. The van der Waals surface area contributed by atoms with Gasteiger partial charge in [0.2, 0.25) is 11.7 Å². The van der Waals surface area contributed by atoms with Crippen LogP contribution in [-0.4, -0.2) is 39.7 Å². The van der Waals surface area contributed by atoms with Crippen molar-refractivity contribution in [3.63, 3.8) is 0 Å². The number of carboxylic acid groups (broad SMARTS) is 1. The van der Waals surface area contributed by atoms with Gasteiger partial charge in [-0.15, -0.1) is 0 Å². The lowest BCUT2D eigenvalue weighted by Gasteiger charge is -2.12. The molecule has 2 aromatic rings. The first-order valence-electron chi connectivity index (χ1n) is 6.85. The smallest absolute Gasteiger partial charge is 0.303 e. The summed E-state index contributed by atoms with van der Waals surface area (Å²) in [6, 6.07) is 7.87. The fraction of sp³-hybridized carbons (Fsp3) is 0.400. The van der Waals surface area contributed by atoms with Gasteiger partial charge in [-0.3, -0.25) is 9.69 Å². The number of rotatable bonds is 7. The average molecular weight is 289 g/mol. The Bertz CT molecular complexity index is 610. The van der Waals surface area contributed by atoms with Gasteiger partial charge in [0.25, 0.3) is 0 Å². The Hall–Kier alpha value is -2.21. The molecule has 0 atom stereocenters. The summed E-state index contributed by atoms with van der Waals surface area (Å²) in [4.78, 5) is 16.8. The Kier molecular flexibility index (Phi) is 5.05. The van der Waals surface area contributed by atoms with Crippen LogP contribution in [0.15, 0.2) is 28.8 Å². The molecule has 6 nitrogen and oxygen atoms in total. The fourth-order valence-corrected chi connectivity index (χ4v) is 2.06. The largest absolute Gasteiger partial charge is 0.481 e. The van der Waals surface area contributed by atoms with E-state index < -0.39 is 5.97 Å². The zero-order valence-electron chi connectivity index (χ0n) is 12.2. The van der Waals surface area contributed by atoms with Crippen LogP contribution >= 0.6 is 0 Å². The molecule has 21 heavy (non-hydrogen) atoms. The van der Waals surface area contributed by atoms with Gasteiger partial charge in [-0.25, -0.2) is 0 Å². The zero-order chi connectivity index (χ0) is 15.2. The quantitative estimate of drug-likeness (QED) is 0.842. The molecule has 0 aliphatic rings. The lowest BCUT2D eigenvalue weighted by Crippen LogP contribution is -2.20. The van der Waals surface area contributed by atoms with E-state index in [4.69, 9.17) is 9.63 Å². The van der Waals surface area contributed by atoms with Crippen molar-refractivity contribution in [2.75, 3.05) is 13.6 Å². The molecule has 112 valence electrons. The summed E-state index contributed by atoms with van der Waals surface area (Å²) >= 11 is 0. The van der Waals surface area contributed by atoms with Crippen molar-refractivity contribution in [3.05, 3.63) is 35.7 Å². The molecule has 0 bridgehead atoms. The summed E-state index contributed by atoms with van der Waals surface area (Å²) in [6.07, 6.45) is 0.771. The van der Waals surface area contributed by atoms with Crippen molar-refractivity contribution in [2.24, 2.45) is 0 Å². The van der Waals surface area contributed by atoms with Gasteiger partial charge in [-0.2, -0.15) is 4.98 Å². The van der Waals surface area contributed by atoms with Gasteiger partial charge in [0.15, 0.2) is 0 Å². The van der Waals surface area contributed by atoms with Crippen LogP contribution in [0.4, 0.5) is 0 Å². The van der Waals surface area contributed by atoms with Crippen LogP contribution in [0.25, 0.3) is 11.4 Å². The van der Waals surface area contributed by atoms with Crippen molar-refractivity contribution >= 4 is 5.97 Å². The van der Waals surface area contributed by atoms with E-state index in [9.17, 15) is 4.79 Å². The molecule has 0 spiro atoms. The monoisotopic (exact) mass is 289 g/mol. The van der Waals surface area contributed by atoms with Crippen molar-refractivity contribution in [1.29, 1.82) is 0 Å². The molecule has 6 heteroatoms. The maximum Gasteiger partial charge on any atom is 0.303 e. The molecular formula is C15H19N3O3. The van der Waals surface area contributed by atoms with Crippen molar-refractivity contribution < 1.29 is 14.4 Å². The third-order valence-corrected chi connectivity index (χ3v) is 3.19. The van der Waals surface area contributed by atoms with Crippen molar-refractivity contribution in [3.8, 4) is 11.4 Å². The Morgan fingerprint density at radius 2 is 2.14 bits per heavy atom. The molecule has 0 aliphatic heterocycles. The van der Waals surface area contributed by atoms with E-state index in [1.54, 1.807) is 0 Å². The van der Waals surface area contributed by atoms with Crippen LogP contribution in [0.1, 0.15) is 24.3 Å². The minimum absolute atomic E-state index is 0.169. The van der Waals surface area contributed by atoms with Gasteiger partial charge in [0, 0.05) is 12.0 Å². The summed E-state index contributed by atoms with van der Waals surface area (Å²) in [5.74, 6) is 0.344. The first kappa shape index (κ1) is 15.2. The molecule has 0 amide bonds. The van der Waals surface area contributed by atoms with E-state index in [1.807, 2.05) is 43.1 Å². The standard InChI is InChI=1S/C15H19N3O3/c1-11-6-3-4-7-12(11)15-16-13(21-17-15)10-18(2)9-5-8-14(19)20/h3-4,6-7H,5,8-10H2,1-2H3,(H,19,20). The number of aryl methyl sites for hydroxylation is 1. The van der Waals surface area contributed by atoms with Crippen LogP contribution < -0.4 is 0 Å². The first-order valence-corrected chi connectivity index (χ1v) is 6.85. The predicted octanol–water partition coefficient (Wildman–Crippen LogP) is 2.34. The van der Waals surface area contributed by atoms with Crippen molar-refractivity contribution in [2.45, 2.75) is 26.3 Å². The number of hydrogen-bond acceptors (Lipinski definition) is 5. The van der Waals surface area contributed by atoms with Gasteiger partial charge < -0.3 is 9.63 Å². The highest BCUT2D eigenvalue weighted by molar-refractivity contribution is 5.66. The van der Waals surface area contributed by atoms with Gasteiger partial charge >= 0.3 is 5.97 Å². The molecule has 1 aromatic carbocycles. The Labute approximate surface area is 123 Å². The molecule has 2 rings (SSSR count). The number of carbonyl (C=O) groups is 1. The second-order valence-electron chi connectivity index (χ2n) is 5.06. The maximum atomic E-state index is 10.5. The summed E-state index contributed by atoms with van der Waals surface area (Å²) in [5.41, 5.74) is 2.06. The third-order valence-electron chi connectivity index (χ3n) is 3.19. The second-order valence-corrected chi connectivity index (χ2v) is 5.06. The summed E-state index contributed by atoms with van der Waals surface area (Å²) in [7, 11) is 1.90. The SMILES string of the molecule is Cc1ccccc1-c1noc(CN(C)CCCC(=O)O)n1. The topological polar surface area (TPSA) is 79.5 Å². The number of aromatic nitrogens is 2. The highest BCUT2D eigenvalue weighted by atomic mass is 16.5. The minimum Gasteiger partial charge on any atom is -0.481 e. The zero-order valence-corrected chi connectivity index (χ0v) is 12.2. The number of hydrogen-bond donors (Lipinski definition) is 1. The summed E-state index contributed by atoms with van der Waals surface area (Å²) < 4.78 is 5.25. The Morgan fingerprint density at radius 3 is 2.86 bits per heavy atom. The third kappa shape index (κ3) is 4.39. The van der Waals surface area contributed by atoms with Crippen LogP contribution in [0, 0.1) is 6.92 Å². The molecule has 0 saturated heterocycles. The average Bonchev–Trinajstić information content (AvgIpc) is 2.87.